The van der Waals surface area contributed by atoms with E-state index in [4.69, 9.17) is 4.74 Å². The molecule has 0 fully saturated rings. The van der Waals surface area contributed by atoms with Crippen LogP contribution in [0.3, 0.4) is 0 Å². The molecule has 0 aliphatic rings. The number of nitrogens with one attached hydrogen (secondary N) is 1. The minimum absolute atomic E-state index is 0.178. The van der Waals surface area contributed by atoms with Crippen molar-refractivity contribution in [2.24, 2.45) is 0 Å². The van der Waals surface area contributed by atoms with Crippen LogP contribution >= 0.6 is 0 Å². The third-order valence-electron chi connectivity index (χ3n) is 2.30. The highest BCUT2D eigenvalue weighted by molar-refractivity contribution is 5.78. The third-order valence-corrected chi connectivity index (χ3v) is 2.30. The van der Waals surface area contributed by atoms with Crippen LogP contribution in [0.5, 0.6) is 5.75 Å². The largest absolute Gasteiger partial charge is 0.483 e. The maximum absolute atomic E-state index is 13.1. The Bertz CT molecular complexity index is 452. The van der Waals surface area contributed by atoms with E-state index in [2.05, 4.69) is 5.32 Å². The number of hydrogen-bond donors (Lipinski definition) is 2. The second-order valence-corrected chi connectivity index (χ2v) is 5.44. The molecule has 0 aromatic heterocycles. The number of amides is 1. The van der Waals surface area contributed by atoms with E-state index in [0.717, 1.165) is 0 Å². The highest BCUT2D eigenvalue weighted by Crippen LogP contribution is 2.25. The Labute approximate surface area is 112 Å². The lowest BCUT2D eigenvalue weighted by Crippen LogP contribution is -2.43. The van der Waals surface area contributed by atoms with Crippen LogP contribution in [0, 0.1) is 5.82 Å². The second kappa shape index (κ2) is 6.02. The lowest BCUT2D eigenvalue weighted by atomic mass is 10.1. The third kappa shape index (κ3) is 5.26. The van der Waals surface area contributed by atoms with Gasteiger partial charge in [-0.1, -0.05) is 0 Å². The Kier molecular flexibility index (Phi) is 4.89. The van der Waals surface area contributed by atoms with Gasteiger partial charge in [-0.05, 0) is 45.9 Å². The summed E-state index contributed by atoms with van der Waals surface area (Å²) in [5.41, 5.74) is -0.0142. The molecular weight excluding hydrogens is 249 g/mol. The van der Waals surface area contributed by atoms with Crippen LogP contribution in [0.1, 0.15) is 39.4 Å². The Morgan fingerprint density at radius 2 is 2.11 bits per heavy atom. The van der Waals surface area contributed by atoms with Gasteiger partial charge in [-0.15, -0.1) is 0 Å². The number of carbonyl (C=O) groups excluding carboxylic acids is 1. The average molecular weight is 269 g/mol. The SMILES string of the molecule is C[C@H](O)c1cc(F)ccc1OCC(=O)NC(C)(C)C. The quantitative estimate of drug-likeness (QED) is 0.880. The van der Waals surface area contributed by atoms with E-state index in [0.29, 0.717) is 11.3 Å². The molecule has 1 rings (SSSR count). The molecule has 0 saturated carbocycles. The molecule has 0 bridgehead atoms. The molecule has 5 heteroatoms. The van der Waals surface area contributed by atoms with Crippen LogP contribution in [0.2, 0.25) is 0 Å². The van der Waals surface area contributed by atoms with E-state index in [9.17, 15) is 14.3 Å². The van der Waals surface area contributed by atoms with E-state index in [1.807, 2.05) is 20.8 Å². The van der Waals surface area contributed by atoms with Gasteiger partial charge >= 0.3 is 0 Å². The molecule has 4 nitrogen and oxygen atoms in total. The van der Waals surface area contributed by atoms with Gasteiger partial charge in [0.1, 0.15) is 11.6 Å². The van der Waals surface area contributed by atoms with Crippen molar-refractivity contribution in [3.63, 3.8) is 0 Å². The predicted molar refractivity (Wildman–Crippen MR) is 70.4 cm³/mol. The Hall–Kier alpha value is -1.62. The summed E-state index contributed by atoms with van der Waals surface area (Å²) in [5.74, 6) is -0.420. The number of aliphatic hydroxyl groups excluding tert-OH is 1. The molecule has 1 aromatic rings. The first-order chi connectivity index (χ1) is 8.69. The van der Waals surface area contributed by atoms with E-state index < -0.39 is 11.9 Å². The second-order valence-electron chi connectivity index (χ2n) is 5.44. The Morgan fingerprint density at radius 3 is 2.63 bits per heavy atom. The topological polar surface area (TPSA) is 58.6 Å². The molecule has 0 spiro atoms. The number of ether oxygens (including phenoxy) is 1. The van der Waals surface area contributed by atoms with Gasteiger partial charge in [-0.25, -0.2) is 4.39 Å². The number of benzene rings is 1. The monoisotopic (exact) mass is 269 g/mol. The number of halogens is 1. The minimum Gasteiger partial charge on any atom is -0.483 e. The fourth-order valence-corrected chi connectivity index (χ4v) is 1.57. The highest BCUT2D eigenvalue weighted by Gasteiger charge is 2.16. The van der Waals surface area contributed by atoms with Crippen molar-refractivity contribution in [1.82, 2.24) is 5.32 Å². The van der Waals surface area contributed by atoms with Crippen molar-refractivity contribution in [3.8, 4) is 5.75 Å². The molecule has 1 atom stereocenters. The molecule has 0 heterocycles. The molecular formula is C14H20FNO3. The summed E-state index contributed by atoms with van der Waals surface area (Å²) in [5, 5.41) is 12.3. The molecule has 0 radical (unpaired) electrons. The van der Waals surface area contributed by atoms with Gasteiger partial charge in [0, 0.05) is 11.1 Å². The van der Waals surface area contributed by atoms with Crippen LogP contribution in [0.4, 0.5) is 4.39 Å². The normalized spacial score (nSPS) is 12.9. The number of carbonyl (C=O) groups is 1. The fourth-order valence-electron chi connectivity index (χ4n) is 1.57. The predicted octanol–water partition coefficient (Wildman–Crippen LogP) is 2.17. The maximum Gasteiger partial charge on any atom is 0.258 e. The molecule has 2 N–H and O–H groups in total. The smallest absolute Gasteiger partial charge is 0.258 e. The van der Waals surface area contributed by atoms with Crippen molar-refractivity contribution >= 4 is 5.91 Å². The highest BCUT2D eigenvalue weighted by atomic mass is 19.1. The van der Waals surface area contributed by atoms with Gasteiger partial charge in [0.25, 0.3) is 5.91 Å². The van der Waals surface area contributed by atoms with Crippen LogP contribution in [0.15, 0.2) is 18.2 Å². The molecule has 0 saturated heterocycles. The summed E-state index contributed by atoms with van der Waals surface area (Å²) < 4.78 is 18.4. The van der Waals surface area contributed by atoms with E-state index in [-0.39, 0.29) is 18.1 Å². The number of rotatable bonds is 4. The van der Waals surface area contributed by atoms with Crippen molar-refractivity contribution < 1.29 is 19.0 Å². The van der Waals surface area contributed by atoms with E-state index in [1.54, 1.807) is 0 Å². The lowest BCUT2D eigenvalue weighted by Gasteiger charge is -2.21. The Balaban J connectivity index is 2.70. The van der Waals surface area contributed by atoms with Crippen LogP contribution < -0.4 is 10.1 Å². The van der Waals surface area contributed by atoms with Gasteiger partial charge in [0.15, 0.2) is 6.61 Å². The van der Waals surface area contributed by atoms with Crippen molar-refractivity contribution in [3.05, 3.63) is 29.6 Å². The summed E-state index contributed by atoms with van der Waals surface area (Å²) in [7, 11) is 0. The van der Waals surface area contributed by atoms with Crippen LogP contribution in [-0.2, 0) is 4.79 Å². The van der Waals surface area contributed by atoms with Crippen molar-refractivity contribution in [2.45, 2.75) is 39.3 Å². The van der Waals surface area contributed by atoms with E-state index in [1.165, 1.54) is 25.1 Å². The zero-order valence-electron chi connectivity index (χ0n) is 11.7. The van der Waals surface area contributed by atoms with Gasteiger partial charge in [0.05, 0.1) is 6.10 Å². The van der Waals surface area contributed by atoms with Gasteiger partial charge in [-0.2, -0.15) is 0 Å². The summed E-state index contributed by atoms with van der Waals surface area (Å²) in [6.07, 6.45) is -0.864. The zero-order chi connectivity index (χ0) is 14.6. The first kappa shape index (κ1) is 15.4. The molecule has 0 aliphatic carbocycles. The summed E-state index contributed by atoms with van der Waals surface area (Å²) in [6.45, 7) is 6.93. The van der Waals surface area contributed by atoms with Gasteiger partial charge < -0.3 is 15.2 Å². The maximum atomic E-state index is 13.1. The fraction of sp³-hybridized carbons (Fsp3) is 0.500. The first-order valence-electron chi connectivity index (χ1n) is 6.10. The molecule has 0 unspecified atom stereocenters. The minimum atomic E-state index is -0.864. The zero-order valence-corrected chi connectivity index (χ0v) is 11.7. The molecule has 1 aromatic carbocycles. The Morgan fingerprint density at radius 1 is 1.47 bits per heavy atom. The average Bonchev–Trinajstić information content (AvgIpc) is 2.24. The molecule has 0 aliphatic heterocycles. The summed E-state index contributed by atoms with van der Waals surface area (Å²) >= 11 is 0. The van der Waals surface area contributed by atoms with Crippen molar-refractivity contribution in [1.29, 1.82) is 0 Å². The van der Waals surface area contributed by atoms with Gasteiger partial charge in [0.2, 0.25) is 0 Å². The van der Waals surface area contributed by atoms with Crippen LogP contribution in [-0.4, -0.2) is 23.2 Å². The summed E-state index contributed by atoms with van der Waals surface area (Å²) in [6, 6.07) is 3.83. The molecule has 19 heavy (non-hydrogen) atoms. The number of aliphatic hydroxyl groups is 1. The summed E-state index contributed by atoms with van der Waals surface area (Å²) in [4.78, 5) is 11.6. The lowest BCUT2D eigenvalue weighted by molar-refractivity contribution is -0.124. The molecule has 106 valence electrons. The van der Waals surface area contributed by atoms with E-state index >= 15 is 0 Å². The first-order valence-corrected chi connectivity index (χ1v) is 6.10. The van der Waals surface area contributed by atoms with Crippen molar-refractivity contribution in [2.75, 3.05) is 6.61 Å². The van der Waals surface area contributed by atoms with Gasteiger partial charge in [-0.3, -0.25) is 4.79 Å². The molecule has 1 amide bonds. The van der Waals surface area contributed by atoms with Crippen LogP contribution in [0.25, 0.3) is 0 Å². The standard InChI is InChI=1S/C14H20FNO3/c1-9(17)11-7-10(15)5-6-12(11)19-8-13(18)16-14(2,3)4/h5-7,9,17H,8H2,1-4H3,(H,16,18)/t9-/m0/s1. The number of hydrogen-bond acceptors (Lipinski definition) is 3.